The van der Waals surface area contributed by atoms with Crippen LogP contribution < -0.4 is 5.32 Å². The highest BCUT2D eigenvalue weighted by molar-refractivity contribution is 7.90. The van der Waals surface area contributed by atoms with Crippen LogP contribution in [0.3, 0.4) is 0 Å². The van der Waals surface area contributed by atoms with E-state index in [0.717, 1.165) is 31.2 Å². The third-order valence-corrected chi connectivity index (χ3v) is 9.13. The van der Waals surface area contributed by atoms with Gasteiger partial charge in [-0.15, -0.1) is 0 Å². The summed E-state index contributed by atoms with van der Waals surface area (Å²) in [4.78, 5) is 29.9. The first-order chi connectivity index (χ1) is 20.4. The fraction of sp³-hybridized carbons (Fsp3) is 0.406. The molecule has 1 N–H and O–H groups in total. The molecule has 0 amide bonds. The number of hydrogen-bond donors (Lipinski definition) is 1. The molecule has 1 aliphatic rings. The maximum atomic E-state index is 15.1. The number of aryl methyl sites for hydroxylation is 1. The molecule has 1 aliphatic carbocycles. The molecule has 0 spiro atoms. The molecule has 9 nitrogen and oxygen atoms in total. The van der Waals surface area contributed by atoms with E-state index in [0.29, 0.717) is 40.6 Å². The molecule has 1 saturated carbocycles. The van der Waals surface area contributed by atoms with Crippen LogP contribution in [-0.4, -0.2) is 46.0 Å². The number of carbonyl (C=O) groups excluding carboxylic acids is 1. The van der Waals surface area contributed by atoms with E-state index in [1.54, 1.807) is 12.3 Å². The van der Waals surface area contributed by atoms with E-state index < -0.39 is 27.0 Å². The first-order valence-electron chi connectivity index (χ1n) is 14.4. The van der Waals surface area contributed by atoms with Gasteiger partial charge in [-0.2, -0.15) is 0 Å². The molecular formula is C32H36FN5O4S. The third kappa shape index (κ3) is 7.70. The fourth-order valence-corrected chi connectivity index (χ4v) is 6.67. The SMILES string of the molecule is Cc1cc(-c2ccc(CS(=O)(=O)c3cccnc3)c(F)c2)nc2cnc(NC3CCC(CC(=O)OC(C)(C)C)CC3)nc12. The molecule has 3 heterocycles. The molecule has 4 aromatic rings. The third-order valence-electron chi connectivity index (χ3n) is 7.48. The lowest BCUT2D eigenvalue weighted by Gasteiger charge is -2.29. The Morgan fingerprint density at radius 3 is 2.51 bits per heavy atom. The zero-order chi connectivity index (χ0) is 30.8. The number of nitrogens with one attached hydrogen (secondary N) is 1. The van der Waals surface area contributed by atoms with Crippen molar-refractivity contribution in [2.75, 3.05) is 5.32 Å². The average Bonchev–Trinajstić information content (AvgIpc) is 2.95. The Balaban J connectivity index is 1.24. The highest BCUT2D eigenvalue weighted by Crippen LogP contribution is 2.30. The molecule has 0 atom stereocenters. The second kappa shape index (κ2) is 12.3. The van der Waals surface area contributed by atoms with Gasteiger partial charge in [0.15, 0.2) is 9.84 Å². The van der Waals surface area contributed by atoms with Gasteiger partial charge in [-0.25, -0.2) is 27.8 Å². The van der Waals surface area contributed by atoms with Crippen LogP contribution in [0.25, 0.3) is 22.3 Å². The number of anilines is 1. The number of esters is 1. The summed E-state index contributed by atoms with van der Waals surface area (Å²) in [5.41, 5.74) is 2.79. The number of nitrogens with zero attached hydrogens (tertiary/aromatic N) is 4. The fourth-order valence-electron chi connectivity index (χ4n) is 5.36. The van der Waals surface area contributed by atoms with Crippen molar-refractivity contribution in [3.63, 3.8) is 0 Å². The number of ether oxygens (including phenoxy) is 1. The Morgan fingerprint density at radius 2 is 1.84 bits per heavy atom. The molecular weight excluding hydrogens is 569 g/mol. The lowest BCUT2D eigenvalue weighted by Crippen LogP contribution is -2.30. The van der Waals surface area contributed by atoms with Crippen LogP contribution in [0.5, 0.6) is 0 Å². The van der Waals surface area contributed by atoms with Gasteiger partial charge in [0.05, 0.1) is 28.1 Å². The van der Waals surface area contributed by atoms with Crippen molar-refractivity contribution >= 4 is 32.8 Å². The van der Waals surface area contributed by atoms with Gasteiger partial charge in [-0.1, -0.05) is 12.1 Å². The number of sulfone groups is 1. The molecule has 0 radical (unpaired) electrons. The van der Waals surface area contributed by atoms with Crippen molar-refractivity contribution in [3.8, 4) is 11.3 Å². The zero-order valence-electron chi connectivity index (χ0n) is 24.8. The van der Waals surface area contributed by atoms with Crippen molar-refractivity contribution in [3.05, 3.63) is 71.9 Å². The van der Waals surface area contributed by atoms with Crippen molar-refractivity contribution in [1.82, 2.24) is 19.9 Å². The standard InChI is InChI=1S/C32H36FN5O4S/c1-20-14-27(22-9-10-23(26(33)16-22)19-43(40,41)25-6-5-13-34-17-25)37-28-18-35-31(38-30(20)28)36-24-11-7-21(8-12-24)15-29(39)42-32(2,3)4/h5-6,9-10,13-14,16-18,21,24H,7-8,11-12,15,19H2,1-4H3,(H,35,36,38). The van der Waals surface area contributed by atoms with Crippen LogP contribution in [0, 0.1) is 18.7 Å². The van der Waals surface area contributed by atoms with E-state index in [4.69, 9.17) is 9.72 Å². The van der Waals surface area contributed by atoms with Gasteiger partial charge in [0.1, 0.15) is 16.9 Å². The zero-order valence-corrected chi connectivity index (χ0v) is 25.6. The number of rotatable bonds is 8. The number of hydrogen-bond acceptors (Lipinski definition) is 9. The Labute approximate surface area is 251 Å². The Bertz CT molecular complexity index is 1730. The van der Waals surface area contributed by atoms with Crippen LogP contribution in [0.1, 0.15) is 64.0 Å². The summed E-state index contributed by atoms with van der Waals surface area (Å²) in [6.07, 6.45) is 8.52. The highest BCUT2D eigenvalue weighted by atomic mass is 32.2. The molecule has 5 rings (SSSR count). The van der Waals surface area contributed by atoms with Crippen LogP contribution in [-0.2, 0) is 25.1 Å². The Hall–Kier alpha value is -3.99. The van der Waals surface area contributed by atoms with Crippen LogP contribution in [0.15, 0.2) is 59.9 Å². The molecule has 3 aromatic heterocycles. The monoisotopic (exact) mass is 605 g/mol. The van der Waals surface area contributed by atoms with E-state index in [9.17, 15) is 13.2 Å². The predicted octanol–water partition coefficient (Wildman–Crippen LogP) is 6.21. The van der Waals surface area contributed by atoms with Crippen LogP contribution >= 0.6 is 0 Å². The van der Waals surface area contributed by atoms with Gasteiger partial charge in [0.25, 0.3) is 0 Å². The number of halogens is 1. The molecule has 226 valence electrons. The smallest absolute Gasteiger partial charge is 0.306 e. The quantitative estimate of drug-likeness (QED) is 0.233. The normalized spacial score (nSPS) is 17.5. The summed E-state index contributed by atoms with van der Waals surface area (Å²) < 4.78 is 45.9. The van der Waals surface area contributed by atoms with E-state index in [1.807, 2.05) is 33.8 Å². The van der Waals surface area contributed by atoms with E-state index in [-0.39, 0.29) is 22.5 Å². The Morgan fingerprint density at radius 1 is 1.07 bits per heavy atom. The molecule has 11 heteroatoms. The number of aromatic nitrogens is 4. The first kappa shape index (κ1) is 30.5. The van der Waals surface area contributed by atoms with Gasteiger partial charge >= 0.3 is 5.97 Å². The minimum absolute atomic E-state index is 0.0463. The van der Waals surface area contributed by atoms with Gasteiger partial charge in [0, 0.05) is 36.0 Å². The second-order valence-electron chi connectivity index (χ2n) is 12.2. The molecule has 0 bridgehead atoms. The minimum Gasteiger partial charge on any atom is -0.460 e. The summed E-state index contributed by atoms with van der Waals surface area (Å²) in [5.74, 6) is -0.396. The van der Waals surface area contributed by atoms with Crippen molar-refractivity contribution < 1.29 is 22.3 Å². The summed E-state index contributed by atoms with van der Waals surface area (Å²) in [6.45, 7) is 7.56. The van der Waals surface area contributed by atoms with E-state index in [1.165, 1.54) is 36.7 Å². The number of fused-ring (bicyclic) bond motifs is 1. The van der Waals surface area contributed by atoms with Gasteiger partial charge in [0.2, 0.25) is 5.95 Å². The number of benzene rings is 1. The van der Waals surface area contributed by atoms with Crippen LogP contribution in [0.4, 0.5) is 10.3 Å². The summed E-state index contributed by atoms with van der Waals surface area (Å²) in [7, 11) is -3.74. The van der Waals surface area contributed by atoms with E-state index >= 15 is 4.39 Å². The van der Waals surface area contributed by atoms with Crippen molar-refractivity contribution in [2.45, 2.75) is 82.1 Å². The topological polar surface area (TPSA) is 124 Å². The van der Waals surface area contributed by atoms with Gasteiger partial charge in [-0.05, 0) is 89.1 Å². The molecule has 1 aromatic carbocycles. The second-order valence-corrected chi connectivity index (χ2v) is 14.1. The van der Waals surface area contributed by atoms with Crippen LogP contribution in [0.2, 0.25) is 0 Å². The summed E-state index contributed by atoms with van der Waals surface area (Å²) >= 11 is 0. The van der Waals surface area contributed by atoms with Crippen molar-refractivity contribution in [1.29, 1.82) is 0 Å². The van der Waals surface area contributed by atoms with E-state index in [2.05, 4.69) is 20.3 Å². The number of carbonyl (C=O) groups is 1. The van der Waals surface area contributed by atoms with Gasteiger partial charge < -0.3 is 10.1 Å². The maximum absolute atomic E-state index is 15.1. The van der Waals surface area contributed by atoms with Gasteiger partial charge in [-0.3, -0.25) is 9.78 Å². The predicted molar refractivity (Wildman–Crippen MR) is 162 cm³/mol. The Kier molecular flexibility index (Phi) is 8.73. The summed E-state index contributed by atoms with van der Waals surface area (Å²) in [6, 6.07) is 9.47. The highest BCUT2D eigenvalue weighted by Gasteiger charge is 2.26. The molecule has 1 fully saturated rings. The van der Waals surface area contributed by atoms with Crippen molar-refractivity contribution in [2.24, 2.45) is 5.92 Å². The molecule has 43 heavy (non-hydrogen) atoms. The maximum Gasteiger partial charge on any atom is 0.306 e. The largest absolute Gasteiger partial charge is 0.460 e. The number of pyridine rings is 2. The lowest BCUT2D eigenvalue weighted by molar-refractivity contribution is -0.156. The molecule has 0 unspecified atom stereocenters. The lowest BCUT2D eigenvalue weighted by atomic mass is 9.84. The minimum atomic E-state index is -3.74. The molecule has 0 aliphatic heterocycles. The summed E-state index contributed by atoms with van der Waals surface area (Å²) in [5, 5.41) is 3.43. The first-order valence-corrected chi connectivity index (χ1v) is 16.1. The average molecular weight is 606 g/mol. The molecule has 0 saturated heterocycles.